The summed E-state index contributed by atoms with van der Waals surface area (Å²) in [5.41, 5.74) is 0. The standard InChI is InChI=1S/C13H18ClNO3/c1-4-17-13(16)12(9-15(2)3)18-11-7-5-10(14)6-8-11/h5-8,12H,4,9H2,1-3H3/t12-/m0/s1. The van der Waals surface area contributed by atoms with Crippen molar-refractivity contribution in [2.75, 3.05) is 27.2 Å². The van der Waals surface area contributed by atoms with Gasteiger partial charge in [-0.1, -0.05) is 11.6 Å². The number of rotatable bonds is 6. The van der Waals surface area contributed by atoms with E-state index in [9.17, 15) is 4.79 Å². The predicted octanol–water partition coefficient (Wildman–Crippen LogP) is 2.21. The lowest BCUT2D eigenvalue weighted by molar-refractivity contribution is -0.152. The highest BCUT2D eigenvalue weighted by atomic mass is 35.5. The number of likely N-dealkylation sites (N-methyl/N-ethyl adjacent to an activating group) is 1. The first-order chi connectivity index (χ1) is 8.52. The van der Waals surface area contributed by atoms with Crippen molar-refractivity contribution in [1.82, 2.24) is 4.90 Å². The zero-order valence-electron chi connectivity index (χ0n) is 10.9. The van der Waals surface area contributed by atoms with E-state index in [4.69, 9.17) is 21.1 Å². The van der Waals surface area contributed by atoms with Crippen molar-refractivity contribution in [2.24, 2.45) is 0 Å². The summed E-state index contributed by atoms with van der Waals surface area (Å²) in [6.45, 7) is 2.57. The van der Waals surface area contributed by atoms with Crippen LogP contribution in [0.25, 0.3) is 0 Å². The first kappa shape index (κ1) is 14.8. The van der Waals surface area contributed by atoms with Gasteiger partial charge in [0.1, 0.15) is 5.75 Å². The smallest absolute Gasteiger partial charge is 0.348 e. The van der Waals surface area contributed by atoms with Crippen molar-refractivity contribution in [3.8, 4) is 5.75 Å². The zero-order chi connectivity index (χ0) is 13.5. The number of hydrogen-bond donors (Lipinski definition) is 0. The summed E-state index contributed by atoms with van der Waals surface area (Å²) in [7, 11) is 3.74. The molecule has 5 heteroatoms. The van der Waals surface area contributed by atoms with Gasteiger partial charge in [0.25, 0.3) is 0 Å². The Hall–Kier alpha value is -1.26. The van der Waals surface area contributed by atoms with Crippen LogP contribution in [-0.2, 0) is 9.53 Å². The number of ether oxygens (including phenoxy) is 2. The van der Waals surface area contributed by atoms with Crippen LogP contribution in [0.1, 0.15) is 6.92 Å². The highest BCUT2D eigenvalue weighted by Gasteiger charge is 2.22. The molecule has 0 aliphatic heterocycles. The summed E-state index contributed by atoms with van der Waals surface area (Å²) in [5.74, 6) is 0.237. The van der Waals surface area contributed by atoms with Gasteiger partial charge in [0.2, 0.25) is 6.10 Å². The van der Waals surface area contributed by atoms with Crippen LogP contribution in [0.2, 0.25) is 5.02 Å². The van der Waals surface area contributed by atoms with Crippen LogP contribution in [0.15, 0.2) is 24.3 Å². The molecule has 0 aliphatic carbocycles. The highest BCUT2D eigenvalue weighted by molar-refractivity contribution is 6.30. The number of hydrogen-bond acceptors (Lipinski definition) is 4. The monoisotopic (exact) mass is 271 g/mol. The van der Waals surface area contributed by atoms with Crippen molar-refractivity contribution in [3.63, 3.8) is 0 Å². The van der Waals surface area contributed by atoms with Crippen LogP contribution < -0.4 is 4.74 Å². The molecule has 0 saturated heterocycles. The minimum Gasteiger partial charge on any atom is -0.477 e. The van der Waals surface area contributed by atoms with Crippen LogP contribution in [0.3, 0.4) is 0 Å². The summed E-state index contributed by atoms with van der Waals surface area (Å²) < 4.78 is 10.6. The second-order valence-corrected chi connectivity index (χ2v) is 4.51. The van der Waals surface area contributed by atoms with E-state index in [1.165, 1.54) is 0 Å². The molecule has 1 aromatic rings. The lowest BCUT2D eigenvalue weighted by Gasteiger charge is -2.20. The molecule has 1 atom stereocenters. The molecule has 100 valence electrons. The molecular formula is C13H18ClNO3. The minimum atomic E-state index is -0.638. The molecule has 1 aromatic carbocycles. The number of halogens is 1. The summed E-state index contributed by atoms with van der Waals surface area (Å²) in [6, 6.07) is 6.89. The molecule has 0 aromatic heterocycles. The quantitative estimate of drug-likeness (QED) is 0.744. The van der Waals surface area contributed by atoms with E-state index in [1.54, 1.807) is 31.2 Å². The lowest BCUT2D eigenvalue weighted by Crippen LogP contribution is -2.38. The van der Waals surface area contributed by atoms with E-state index >= 15 is 0 Å². The fourth-order valence-corrected chi connectivity index (χ4v) is 1.53. The Bertz CT molecular complexity index is 378. The Labute approximate surface area is 112 Å². The van der Waals surface area contributed by atoms with Gasteiger partial charge in [-0.3, -0.25) is 0 Å². The molecule has 0 fully saturated rings. The molecule has 0 spiro atoms. The van der Waals surface area contributed by atoms with Crippen molar-refractivity contribution in [3.05, 3.63) is 29.3 Å². The Morgan fingerprint density at radius 2 is 1.94 bits per heavy atom. The van der Waals surface area contributed by atoms with Crippen LogP contribution in [-0.4, -0.2) is 44.2 Å². The molecule has 0 radical (unpaired) electrons. The van der Waals surface area contributed by atoms with Gasteiger partial charge in [0, 0.05) is 11.6 Å². The second kappa shape index (κ2) is 7.24. The van der Waals surface area contributed by atoms with Crippen molar-refractivity contribution in [1.29, 1.82) is 0 Å². The Morgan fingerprint density at radius 1 is 1.33 bits per heavy atom. The Kier molecular flexibility index (Phi) is 5.95. The average Bonchev–Trinajstić information content (AvgIpc) is 2.31. The molecule has 0 bridgehead atoms. The average molecular weight is 272 g/mol. The van der Waals surface area contributed by atoms with E-state index < -0.39 is 6.10 Å². The van der Waals surface area contributed by atoms with E-state index in [0.29, 0.717) is 23.9 Å². The Balaban J connectivity index is 2.71. The summed E-state index contributed by atoms with van der Waals surface area (Å²) >= 11 is 5.79. The van der Waals surface area contributed by atoms with Gasteiger partial charge in [0.15, 0.2) is 0 Å². The molecule has 4 nitrogen and oxygen atoms in total. The molecule has 1 rings (SSSR count). The maximum atomic E-state index is 11.8. The van der Waals surface area contributed by atoms with Gasteiger partial charge < -0.3 is 14.4 Å². The molecular weight excluding hydrogens is 254 g/mol. The van der Waals surface area contributed by atoms with E-state index in [-0.39, 0.29) is 5.97 Å². The van der Waals surface area contributed by atoms with E-state index in [0.717, 1.165) is 0 Å². The largest absolute Gasteiger partial charge is 0.477 e. The van der Waals surface area contributed by atoms with E-state index in [2.05, 4.69) is 0 Å². The van der Waals surface area contributed by atoms with Gasteiger partial charge in [-0.15, -0.1) is 0 Å². The molecule has 0 aliphatic rings. The third-order valence-corrected chi connectivity index (χ3v) is 2.42. The first-order valence-corrected chi connectivity index (χ1v) is 6.14. The summed E-state index contributed by atoms with van der Waals surface area (Å²) in [6.07, 6.45) is -0.638. The Morgan fingerprint density at radius 3 is 2.44 bits per heavy atom. The third-order valence-electron chi connectivity index (χ3n) is 2.17. The van der Waals surface area contributed by atoms with Gasteiger partial charge >= 0.3 is 5.97 Å². The van der Waals surface area contributed by atoms with Gasteiger partial charge in [-0.25, -0.2) is 4.79 Å². The number of esters is 1. The number of carbonyl (C=O) groups is 1. The maximum Gasteiger partial charge on any atom is 0.348 e. The van der Waals surface area contributed by atoms with Crippen LogP contribution in [0.4, 0.5) is 0 Å². The van der Waals surface area contributed by atoms with Crippen LogP contribution in [0, 0.1) is 0 Å². The summed E-state index contributed by atoms with van der Waals surface area (Å²) in [5, 5.41) is 0.627. The maximum absolute atomic E-state index is 11.8. The number of carbonyl (C=O) groups excluding carboxylic acids is 1. The molecule has 0 amide bonds. The van der Waals surface area contributed by atoms with Crippen molar-refractivity contribution >= 4 is 17.6 Å². The number of benzene rings is 1. The van der Waals surface area contributed by atoms with E-state index in [1.807, 2.05) is 19.0 Å². The fourth-order valence-electron chi connectivity index (χ4n) is 1.40. The fraction of sp³-hybridized carbons (Fsp3) is 0.462. The predicted molar refractivity (Wildman–Crippen MR) is 71.1 cm³/mol. The first-order valence-electron chi connectivity index (χ1n) is 5.76. The van der Waals surface area contributed by atoms with Gasteiger partial charge in [-0.2, -0.15) is 0 Å². The zero-order valence-corrected chi connectivity index (χ0v) is 11.6. The normalized spacial score (nSPS) is 12.3. The third kappa shape index (κ3) is 4.94. The van der Waals surface area contributed by atoms with Crippen LogP contribution in [0.5, 0.6) is 5.75 Å². The van der Waals surface area contributed by atoms with Gasteiger partial charge in [-0.05, 0) is 45.3 Å². The summed E-state index contributed by atoms with van der Waals surface area (Å²) in [4.78, 5) is 13.6. The van der Waals surface area contributed by atoms with Gasteiger partial charge in [0.05, 0.1) is 6.61 Å². The highest BCUT2D eigenvalue weighted by Crippen LogP contribution is 2.17. The molecule has 0 unspecified atom stereocenters. The molecule has 0 N–H and O–H groups in total. The number of nitrogens with zero attached hydrogens (tertiary/aromatic N) is 1. The van der Waals surface area contributed by atoms with Crippen LogP contribution >= 0.6 is 11.6 Å². The molecule has 18 heavy (non-hydrogen) atoms. The SMILES string of the molecule is CCOC(=O)[C@H](CN(C)C)Oc1ccc(Cl)cc1. The second-order valence-electron chi connectivity index (χ2n) is 4.07. The van der Waals surface area contributed by atoms with Crippen molar-refractivity contribution in [2.45, 2.75) is 13.0 Å². The molecule has 0 saturated carbocycles. The topological polar surface area (TPSA) is 38.8 Å². The van der Waals surface area contributed by atoms with Crippen molar-refractivity contribution < 1.29 is 14.3 Å². The minimum absolute atomic E-state index is 0.340. The molecule has 0 heterocycles. The lowest BCUT2D eigenvalue weighted by atomic mass is 10.3.